The first-order valence-corrected chi connectivity index (χ1v) is 6.80. The number of unbranched alkanes of at least 4 members (excludes halogenated alkanes) is 2. The molecule has 2 unspecified atom stereocenters. The Morgan fingerprint density at radius 1 is 1.44 bits per heavy atom. The van der Waals surface area contributed by atoms with Gasteiger partial charge in [-0.3, -0.25) is 4.79 Å². The third-order valence-corrected chi connectivity index (χ3v) is 4.80. The van der Waals surface area contributed by atoms with Gasteiger partial charge < -0.3 is 0 Å². The molecule has 16 heavy (non-hydrogen) atoms. The van der Waals surface area contributed by atoms with Crippen LogP contribution in [0.25, 0.3) is 0 Å². The highest BCUT2D eigenvalue weighted by atomic mass is 16.1. The number of Topliss-reactive ketones (excluding diaryl/α,β-unsaturated/α-hetero) is 1. The molecule has 2 bridgehead atoms. The molecular weight excluding hydrogens is 196 g/mol. The average molecular weight is 220 g/mol. The van der Waals surface area contributed by atoms with Crippen LogP contribution >= 0.6 is 0 Å². The van der Waals surface area contributed by atoms with Crippen LogP contribution in [0, 0.1) is 17.3 Å². The van der Waals surface area contributed by atoms with Gasteiger partial charge >= 0.3 is 0 Å². The smallest absolute Gasteiger partial charge is 0.158 e. The van der Waals surface area contributed by atoms with Crippen molar-refractivity contribution in [1.82, 2.24) is 0 Å². The van der Waals surface area contributed by atoms with Crippen molar-refractivity contribution in [2.24, 2.45) is 17.3 Å². The Balaban J connectivity index is 1.95. The first-order valence-electron chi connectivity index (χ1n) is 6.80. The number of fused-ring (bicyclic) bond motifs is 1. The molecule has 1 fully saturated rings. The lowest BCUT2D eigenvalue weighted by atomic mass is 9.48. The highest BCUT2D eigenvalue weighted by Gasteiger charge is 2.52. The van der Waals surface area contributed by atoms with Crippen LogP contribution in [0.3, 0.4) is 0 Å². The quantitative estimate of drug-likeness (QED) is 0.637. The summed E-state index contributed by atoms with van der Waals surface area (Å²) in [7, 11) is 0. The van der Waals surface area contributed by atoms with Crippen molar-refractivity contribution < 1.29 is 4.79 Å². The summed E-state index contributed by atoms with van der Waals surface area (Å²) in [5, 5.41) is 0. The van der Waals surface area contributed by atoms with Crippen LogP contribution in [-0.2, 0) is 4.79 Å². The predicted octanol–water partition coefficient (Wildman–Crippen LogP) is 4.13. The first kappa shape index (κ1) is 11.9. The monoisotopic (exact) mass is 220 g/mol. The minimum atomic E-state index is 0.393. The molecule has 0 aliphatic heterocycles. The maximum atomic E-state index is 12.1. The first-order chi connectivity index (χ1) is 7.57. The van der Waals surface area contributed by atoms with Crippen molar-refractivity contribution in [2.75, 3.05) is 0 Å². The Morgan fingerprint density at radius 3 is 2.75 bits per heavy atom. The Hall–Kier alpha value is -0.590. The average Bonchev–Trinajstić information content (AvgIpc) is 2.29. The Bertz CT molecular complexity index is 311. The molecule has 0 heterocycles. The molecule has 0 saturated heterocycles. The van der Waals surface area contributed by atoms with E-state index in [1.807, 2.05) is 0 Å². The highest BCUT2D eigenvalue weighted by Crippen LogP contribution is 2.59. The minimum Gasteiger partial charge on any atom is -0.295 e. The lowest BCUT2D eigenvalue weighted by molar-refractivity contribution is -0.119. The Morgan fingerprint density at radius 2 is 2.19 bits per heavy atom. The topological polar surface area (TPSA) is 17.1 Å². The standard InChI is InChI=1S/C15H24O/c1-4-5-6-7-14(16)12-9-8-11-10-13(12)15(11,2)3/h9,11,13H,4-8,10H2,1-3H3. The van der Waals surface area contributed by atoms with Gasteiger partial charge in [0.1, 0.15) is 0 Å². The number of hydrogen-bond acceptors (Lipinski definition) is 1. The van der Waals surface area contributed by atoms with Gasteiger partial charge in [0.05, 0.1) is 0 Å². The van der Waals surface area contributed by atoms with E-state index < -0.39 is 0 Å². The van der Waals surface area contributed by atoms with Gasteiger partial charge in [0, 0.05) is 6.42 Å². The van der Waals surface area contributed by atoms with Gasteiger partial charge in [0.15, 0.2) is 5.78 Å². The zero-order valence-corrected chi connectivity index (χ0v) is 10.9. The summed E-state index contributed by atoms with van der Waals surface area (Å²) in [4.78, 5) is 12.1. The fourth-order valence-corrected chi connectivity index (χ4v) is 3.34. The summed E-state index contributed by atoms with van der Waals surface area (Å²) >= 11 is 0. The van der Waals surface area contributed by atoms with Crippen LogP contribution in [0.5, 0.6) is 0 Å². The van der Waals surface area contributed by atoms with Crippen molar-refractivity contribution in [3.05, 3.63) is 11.6 Å². The fourth-order valence-electron chi connectivity index (χ4n) is 3.34. The molecule has 1 nitrogen and oxygen atoms in total. The second-order valence-corrected chi connectivity index (χ2v) is 6.08. The molecule has 0 aromatic carbocycles. The summed E-state index contributed by atoms with van der Waals surface area (Å²) in [5.41, 5.74) is 1.56. The lowest BCUT2D eigenvalue weighted by Gasteiger charge is -2.56. The van der Waals surface area contributed by atoms with Crippen molar-refractivity contribution in [3.8, 4) is 0 Å². The van der Waals surface area contributed by atoms with Gasteiger partial charge in [-0.2, -0.15) is 0 Å². The van der Waals surface area contributed by atoms with Crippen LogP contribution < -0.4 is 0 Å². The van der Waals surface area contributed by atoms with Crippen molar-refractivity contribution >= 4 is 5.78 Å². The van der Waals surface area contributed by atoms with E-state index in [0.717, 1.165) is 25.2 Å². The predicted molar refractivity (Wildman–Crippen MR) is 67.2 cm³/mol. The zero-order valence-electron chi connectivity index (χ0n) is 10.9. The van der Waals surface area contributed by atoms with E-state index in [9.17, 15) is 4.79 Å². The van der Waals surface area contributed by atoms with Gasteiger partial charge in [-0.05, 0) is 42.1 Å². The molecule has 0 spiro atoms. The number of hydrogen-bond donors (Lipinski definition) is 0. The number of carbonyl (C=O) groups excluding carboxylic acids is 1. The molecule has 90 valence electrons. The molecule has 0 radical (unpaired) electrons. The third-order valence-electron chi connectivity index (χ3n) is 4.80. The van der Waals surface area contributed by atoms with Crippen LogP contribution in [0.15, 0.2) is 11.6 Å². The van der Waals surface area contributed by atoms with Gasteiger partial charge in [0.25, 0.3) is 0 Å². The van der Waals surface area contributed by atoms with Crippen LogP contribution in [0.4, 0.5) is 0 Å². The van der Waals surface area contributed by atoms with Gasteiger partial charge in [0.2, 0.25) is 0 Å². The van der Waals surface area contributed by atoms with Crippen molar-refractivity contribution in [3.63, 3.8) is 0 Å². The van der Waals surface area contributed by atoms with E-state index in [-0.39, 0.29) is 0 Å². The Labute approximate surface area is 99.3 Å². The molecule has 3 rings (SSSR count). The van der Waals surface area contributed by atoms with E-state index >= 15 is 0 Å². The number of allylic oxidation sites excluding steroid dienone is 2. The van der Waals surface area contributed by atoms with Crippen LogP contribution in [0.1, 0.15) is 59.3 Å². The maximum Gasteiger partial charge on any atom is 0.158 e. The highest BCUT2D eigenvalue weighted by molar-refractivity contribution is 5.96. The summed E-state index contributed by atoms with van der Waals surface area (Å²) < 4.78 is 0. The molecule has 0 amide bonds. The minimum absolute atomic E-state index is 0.393. The summed E-state index contributed by atoms with van der Waals surface area (Å²) in [6.45, 7) is 6.85. The molecule has 3 aliphatic carbocycles. The van der Waals surface area contributed by atoms with Gasteiger partial charge in [-0.25, -0.2) is 0 Å². The molecule has 3 aliphatic rings. The molecule has 1 heteroatoms. The molecule has 0 N–H and O–H groups in total. The van der Waals surface area contributed by atoms with Crippen LogP contribution in [-0.4, -0.2) is 5.78 Å². The normalized spacial score (nSPS) is 30.6. The van der Waals surface area contributed by atoms with E-state index in [4.69, 9.17) is 0 Å². The van der Waals surface area contributed by atoms with Crippen LogP contribution in [0.2, 0.25) is 0 Å². The number of carbonyl (C=O) groups is 1. The number of rotatable bonds is 5. The summed E-state index contributed by atoms with van der Waals surface area (Å²) in [6.07, 6.45) is 8.87. The lowest BCUT2D eigenvalue weighted by Crippen LogP contribution is -2.49. The molecular formula is C15H24O. The van der Waals surface area contributed by atoms with E-state index in [1.165, 1.54) is 24.8 Å². The zero-order chi connectivity index (χ0) is 11.8. The Kier molecular flexibility index (Phi) is 3.23. The summed E-state index contributed by atoms with van der Waals surface area (Å²) in [6, 6.07) is 0. The molecule has 0 aromatic heterocycles. The maximum absolute atomic E-state index is 12.1. The third kappa shape index (κ3) is 1.85. The summed E-state index contributed by atoms with van der Waals surface area (Å²) in [5.74, 6) is 1.84. The fraction of sp³-hybridized carbons (Fsp3) is 0.800. The van der Waals surface area contributed by atoms with Gasteiger partial charge in [-0.1, -0.05) is 39.7 Å². The SMILES string of the molecule is CCCCCC(=O)C1=CCC2CC1C2(C)C. The van der Waals surface area contributed by atoms with Gasteiger partial charge in [-0.15, -0.1) is 0 Å². The molecule has 1 saturated carbocycles. The second-order valence-electron chi connectivity index (χ2n) is 6.08. The second kappa shape index (κ2) is 4.35. The largest absolute Gasteiger partial charge is 0.295 e. The van der Waals surface area contributed by atoms with E-state index in [2.05, 4.69) is 26.8 Å². The van der Waals surface area contributed by atoms with Crippen molar-refractivity contribution in [1.29, 1.82) is 0 Å². The van der Waals surface area contributed by atoms with E-state index in [1.54, 1.807) is 0 Å². The number of ketones is 1. The van der Waals surface area contributed by atoms with E-state index in [0.29, 0.717) is 17.1 Å². The molecule has 2 atom stereocenters. The molecule has 0 aromatic rings. The van der Waals surface area contributed by atoms with Crippen molar-refractivity contribution in [2.45, 2.75) is 59.3 Å².